The Balaban J connectivity index is 1.86. The van der Waals surface area contributed by atoms with Crippen molar-refractivity contribution in [2.24, 2.45) is 0 Å². The van der Waals surface area contributed by atoms with E-state index in [-0.39, 0.29) is 12.5 Å². The lowest BCUT2D eigenvalue weighted by Gasteiger charge is -2.18. The molecule has 2 aromatic rings. The van der Waals surface area contributed by atoms with Crippen LogP contribution in [0.1, 0.15) is 0 Å². The highest BCUT2D eigenvalue weighted by atomic mass is 32.2. The van der Waals surface area contributed by atoms with Crippen molar-refractivity contribution in [3.05, 3.63) is 36.7 Å². The van der Waals surface area contributed by atoms with Gasteiger partial charge in [-0.25, -0.2) is 9.97 Å². The lowest BCUT2D eigenvalue weighted by Crippen LogP contribution is -2.25. The van der Waals surface area contributed by atoms with E-state index in [9.17, 15) is 4.79 Å². The van der Waals surface area contributed by atoms with Gasteiger partial charge in [-0.1, -0.05) is 0 Å². The number of benzene rings is 1. The molecular weight excluding hydrogens is 250 g/mol. The number of amides is 1. The van der Waals surface area contributed by atoms with E-state index >= 15 is 0 Å². The fourth-order valence-electron chi connectivity index (χ4n) is 1.57. The number of nitrogens with zero attached hydrogens (tertiary/aromatic N) is 2. The number of rotatable bonds is 2. The predicted octanol–water partition coefficient (Wildman–Crippen LogP) is 1.96. The first-order valence-electron chi connectivity index (χ1n) is 5.33. The van der Waals surface area contributed by atoms with Crippen molar-refractivity contribution in [2.75, 3.05) is 11.9 Å². The van der Waals surface area contributed by atoms with Crippen molar-refractivity contribution < 1.29 is 9.53 Å². The van der Waals surface area contributed by atoms with Crippen LogP contribution in [0.4, 0.5) is 5.69 Å². The molecule has 0 unspecified atom stereocenters. The zero-order valence-electron chi connectivity index (χ0n) is 9.29. The van der Waals surface area contributed by atoms with Gasteiger partial charge in [-0.2, -0.15) is 0 Å². The quantitative estimate of drug-likeness (QED) is 0.835. The van der Waals surface area contributed by atoms with Crippen LogP contribution in [0.5, 0.6) is 5.75 Å². The summed E-state index contributed by atoms with van der Waals surface area (Å²) < 4.78 is 5.29. The van der Waals surface area contributed by atoms with Crippen LogP contribution in [0.2, 0.25) is 0 Å². The van der Waals surface area contributed by atoms with E-state index in [4.69, 9.17) is 4.74 Å². The van der Waals surface area contributed by atoms with Crippen LogP contribution in [0.3, 0.4) is 0 Å². The van der Waals surface area contributed by atoms with Crippen molar-refractivity contribution in [1.29, 1.82) is 0 Å². The Bertz CT molecular complexity index is 589. The number of carbonyl (C=O) groups is 1. The van der Waals surface area contributed by atoms with Gasteiger partial charge in [0.05, 0.1) is 5.69 Å². The second-order valence-electron chi connectivity index (χ2n) is 3.63. The van der Waals surface area contributed by atoms with Gasteiger partial charge >= 0.3 is 0 Å². The Morgan fingerprint density at radius 1 is 1.28 bits per heavy atom. The Labute approximate surface area is 108 Å². The molecule has 5 nitrogen and oxygen atoms in total. The zero-order chi connectivity index (χ0) is 12.4. The maximum absolute atomic E-state index is 11.2. The minimum atomic E-state index is -0.138. The molecular formula is C12H9N3O2S. The van der Waals surface area contributed by atoms with Gasteiger partial charge in [0, 0.05) is 17.3 Å². The molecule has 1 amide bonds. The van der Waals surface area contributed by atoms with Gasteiger partial charge in [-0.15, -0.1) is 0 Å². The summed E-state index contributed by atoms with van der Waals surface area (Å²) in [6.45, 7) is 0.0707. The highest BCUT2D eigenvalue weighted by Crippen LogP contribution is 2.33. The van der Waals surface area contributed by atoms with E-state index in [2.05, 4.69) is 15.3 Å². The average molecular weight is 259 g/mol. The van der Waals surface area contributed by atoms with E-state index in [1.165, 1.54) is 11.8 Å². The molecule has 6 heteroatoms. The summed E-state index contributed by atoms with van der Waals surface area (Å²) in [6.07, 6.45) is 3.39. The number of anilines is 1. The van der Waals surface area contributed by atoms with Crippen LogP contribution in [0.15, 0.2) is 46.7 Å². The Morgan fingerprint density at radius 2 is 2.11 bits per heavy atom. The smallest absolute Gasteiger partial charge is 0.262 e. The minimum absolute atomic E-state index is 0.0707. The molecule has 0 saturated heterocycles. The standard InChI is InChI=1S/C12H9N3O2S/c16-11-7-17-10-3-2-8(6-9(10)15-11)18-12-13-4-1-5-14-12/h1-6H,7H2,(H,15,16). The maximum atomic E-state index is 11.2. The second-order valence-corrected chi connectivity index (χ2v) is 4.67. The summed E-state index contributed by atoms with van der Waals surface area (Å²) in [5.41, 5.74) is 0.687. The SMILES string of the molecule is O=C1COc2ccc(Sc3ncccn3)cc2N1. The number of hydrogen-bond acceptors (Lipinski definition) is 5. The fourth-order valence-corrected chi connectivity index (χ4v) is 2.32. The third kappa shape index (κ3) is 2.28. The van der Waals surface area contributed by atoms with Crippen LogP contribution in [0, 0.1) is 0 Å². The molecule has 0 spiro atoms. The summed E-state index contributed by atoms with van der Waals surface area (Å²) >= 11 is 1.43. The molecule has 90 valence electrons. The van der Waals surface area contributed by atoms with Crippen molar-refractivity contribution in [3.63, 3.8) is 0 Å². The van der Waals surface area contributed by atoms with E-state index in [0.29, 0.717) is 16.6 Å². The summed E-state index contributed by atoms with van der Waals surface area (Å²) in [6, 6.07) is 7.37. The monoisotopic (exact) mass is 259 g/mol. The van der Waals surface area contributed by atoms with Crippen molar-refractivity contribution in [3.8, 4) is 5.75 Å². The average Bonchev–Trinajstić information content (AvgIpc) is 2.39. The number of carbonyl (C=O) groups excluding carboxylic acids is 1. The first-order chi connectivity index (χ1) is 8.81. The Morgan fingerprint density at radius 3 is 2.94 bits per heavy atom. The van der Waals surface area contributed by atoms with Gasteiger partial charge in [-0.3, -0.25) is 4.79 Å². The van der Waals surface area contributed by atoms with Crippen LogP contribution in [-0.4, -0.2) is 22.5 Å². The van der Waals surface area contributed by atoms with Gasteiger partial charge < -0.3 is 10.1 Å². The lowest BCUT2D eigenvalue weighted by molar-refractivity contribution is -0.118. The van der Waals surface area contributed by atoms with Crippen LogP contribution in [-0.2, 0) is 4.79 Å². The van der Waals surface area contributed by atoms with Gasteiger partial charge in [-0.05, 0) is 36.0 Å². The van der Waals surface area contributed by atoms with E-state index in [0.717, 1.165) is 4.90 Å². The van der Waals surface area contributed by atoms with E-state index in [1.807, 2.05) is 18.2 Å². The van der Waals surface area contributed by atoms with Crippen molar-refractivity contribution in [1.82, 2.24) is 9.97 Å². The van der Waals surface area contributed by atoms with Crippen LogP contribution < -0.4 is 10.1 Å². The third-order valence-electron chi connectivity index (χ3n) is 2.34. The molecule has 1 N–H and O–H groups in total. The molecule has 1 aromatic heterocycles. The number of fused-ring (bicyclic) bond motifs is 1. The van der Waals surface area contributed by atoms with Gasteiger partial charge in [0.1, 0.15) is 5.75 Å². The number of ether oxygens (including phenoxy) is 1. The van der Waals surface area contributed by atoms with Crippen LogP contribution in [0.25, 0.3) is 0 Å². The summed E-state index contributed by atoms with van der Waals surface area (Å²) in [7, 11) is 0. The molecule has 18 heavy (non-hydrogen) atoms. The largest absolute Gasteiger partial charge is 0.482 e. The Kier molecular flexibility index (Phi) is 2.85. The molecule has 2 heterocycles. The fraction of sp³-hybridized carbons (Fsp3) is 0.0833. The van der Waals surface area contributed by atoms with Crippen molar-refractivity contribution >= 4 is 23.4 Å². The first-order valence-corrected chi connectivity index (χ1v) is 6.14. The molecule has 1 aliphatic heterocycles. The molecule has 0 aliphatic carbocycles. The molecule has 3 rings (SSSR count). The summed E-state index contributed by atoms with van der Waals surface area (Å²) in [4.78, 5) is 20.4. The first kappa shape index (κ1) is 11.0. The predicted molar refractivity (Wildman–Crippen MR) is 66.7 cm³/mol. The van der Waals surface area contributed by atoms with E-state index in [1.54, 1.807) is 18.5 Å². The molecule has 0 bridgehead atoms. The zero-order valence-corrected chi connectivity index (χ0v) is 10.1. The van der Waals surface area contributed by atoms with Gasteiger partial charge in [0.15, 0.2) is 11.8 Å². The molecule has 1 aromatic carbocycles. The van der Waals surface area contributed by atoms with Gasteiger partial charge in [0.25, 0.3) is 5.91 Å². The Hall–Kier alpha value is -2.08. The minimum Gasteiger partial charge on any atom is -0.482 e. The molecule has 0 saturated carbocycles. The normalized spacial score (nSPS) is 13.4. The van der Waals surface area contributed by atoms with Crippen LogP contribution >= 0.6 is 11.8 Å². The van der Waals surface area contributed by atoms with Gasteiger partial charge in [0.2, 0.25) is 0 Å². The van der Waals surface area contributed by atoms with E-state index < -0.39 is 0 Å². The number of aromatic nitrogens is 2. The molecule has 0 radical (unpaired) electrons. The molecule has 0 fully saturated rings. The topological polar surface area (TPSA) is 64.1 Å². The highest BCUT2D eigenvalue weighted by Gasteiger charge is 2.16. The third-order valence-corrected chi connectivity index (χ3v) is 3.22. The lowest BCUT2D eigenvalue weighted by atomic mass is 10.2. The second kappa shape index (κ2) is 4.66. The highest BCUT2D eigenvalue weighted by molar-refractivity contribution is 7.99. The summed E-state index contributed by atoms with van der Waals surface area (Å²) in [5.74, 6) is 0.550. The number of hydrogen-bond donors (Lipinski definition) is 1. The number of nitrogens with one attached hydrogen (secondary N) is 1. The molecule has 0 atom stereocenters. The molecule has 1 aliphatic rings. The maximum Gasteiger partial charge on any atom is 0.262 e. The van der Waals surface area contributed by atoms with Crippen molar-refractivity contribution in [2.45, 2.75) is 10.1 Å². The summed E-state index contributed by atoms with van der Waals surface area (Å²) in [5, 5.41) is 3.44.